The number of carbonyl (C=O) groups excluding carboxylic acids is 2. The van der Waals surface area contributed by atoms with Gasteiger partial charge in [-0.1, -0.05) is 44.0 Å². The standard InChI is InChI=1S/C23H33N3O2/c1-4-6-7-12-22(28)26-15-13-21(27)25(14-5-2)17-18-16-24(3)20-11-9-8-10-19(20)23(18)26/h5,8-11,18,23H,2,4,6-7,12-17H2,1,3H3/t18-,23-/m1/s1. The van der Waals surface area contributed by atoms with Crippen molar-refractivity contribution in [1.29, 1.82) is 0 Å². The Morgan fingerprint density at radius 2 is 2.04 bits per heavy atom. The van der Waals surface area contributed by atoms with Gasteiger partial charge in [0.05, 0.1) is 6.04 Å². The van der Waals surface area contributed by atoms with E-state index in [9.17, 15) is 9.59 Å². The number of hydrogen-bond acceptors (Lipinski definition) is 3. The van der Waals surface area contributed by atoms with Crippen molar-refractivity contribution in [2.75, 3.05) is 38.1 Å². The van der Waals surface area contributed by atoms with E-state index in [0.717, 1.165) is 25.8 Å². The molecule has 0 unspecified atom stereocenters. The predicted molar refractivity (Wildman–Crippen MR) is 113 cm³/mol. The van der Waals surface area contributed by atoms with Crippen LogP contribution in [0.25, 0.3) is 0 Å². The van der Waals surface area contributed by atoms with Crippen LogP contribution in [0, 0.1) is 5.92 Å². The van der Waals surface area contributed by atoms with Crippen LogP contribution in [-0.2, 0) is 9.59 Å². The molecular weight excluding hydrogens is 350 g/mol. The number of carbonyl (C=O) groups is 2. The highest BCUT2D eigenvalue weighted by Gasteiger charge is 2.40. The number of para-hydroxylation sites is 1. The Hall–Kier alpha value is -2.30. The molecule has 2 amide bonds. The highest BCUT2D eigenvalue weighted by Crippen LogP contribution is 2.41. The number of anilines is 1. The zero-order valence-corrected chi connectivity index (χ0v) is 17.3. The number of amides is 2. The molecule has 0 spiro atoms. The molecule has 0 bridgehead atoms. The molecule has 1 aromatic carbocycles. The molecule has 5 nitrogen and oxygen atoms in total. The average Bonchev–Trinajstić information content (AvgIpc) is 2.68. The summed E-state index contributed by atoms with van der Waals surface area (Å²) in [5.41, 5.74) is 2.40. The zero-order valence-electron chi connectivity index (χ0n) is 17.3. The lowest BCUT2D eigenvalue weighted by Crippen LogP contribution is -2.53. The lowest BCUT2D eigenvalue weighted by molar-refractivity contribution is -0.140. The maximum atomic E-state index is 13.2. The second-order valence-electron chi connectivity index (χ2n) is 8.03. The van der Waals surface area contributed by atoms with Crippen molar-refractivity contribution in [1.82, 2.24) is 9.80 Å². The molecule has 2 aliphatic heterocycles. The Morgan fingerprint density at radius 3 is 2.79 bits per heavy atom. The number of benzene rings is 1. The van der Waals surface area contributed by atoms with E-state index in [-0.39, 0.29) is 23.8 Å². The summed E-state index contributed by atoms with van der Waals surface area (Å²) in [4.78, 5) is 32.1. The van der Waals surface area contributed by atoms with Gasteiger partial charge in [-0.05, 0) is 18.1 Å². The Kier molecular flexibility index (Phi) is 6.76. The van der Waals surface area contributed by atoms with Gasteiger partial charge in [0.2, 0.25) is 11.8 Å². The van der Waals surface area contributed by atoms with E-state index in [4.69, 9.17) is 0 Å². The monoisotopic (exact) mass is 383 g/mol. The SMILES string of the molecule is C=CCN1C[C@H]2CN(C)c3ccccc3[C@@H]2N(C(=O)CCCCC)CCC1=O. The van der Waals surface area contributed by atoms with Gasteiger partial charge in [0, 0.05) is 57.7 Å². The minimum Gasteiger partial charge on any atom is -0.374 e. The molecule has 28 heavy (non-hydrogen) atoms. The molecular formula is C23H33N3O2. The Balaban J connectivity index is 1.95. The van der Waals surface area contributed by atoms with E-state index < -0.39 is 0 Å². The van der Waals surface area contributed by atoms with Crippen molar-refractivity contribution in [2.24, 2.45) is 5.92 Å². The number of nitrogens with zero attached hydrogens (tertiary/aromatic N) is 3. The van der Waals surface area contributed by atoms with Crippen molar-refractivity contribution in [2.45, 2.75) is 45.1 Å². The number of hydrogen-bond donors (Lipinski definition) is 0. The molecule has 2 heterocycles. The summed E-state index contributed by atoms with van der Waals surface area (Å²) in [7, 11) is 2.10. The number of unbranched alkanes of at least 4 members (excludes halogenated alkanes) is 2. The van der Waals surface area contributed by atoms with Crippen molar-refractivity contribution < 1.29 is 9.59 Å². The molecule has 3 rings (SSSR count). The first-order valence-electron chi connectivity index (χ1n) is 10.5. The van der Waals surface area contributed by atoms with Crippen LogP contribution >= 0.6 is 0 Å². The van der Waals surface area contributed by atoms with Crippen LogP contribution in [0.3, 0.4) is 0 Å². The summed E-state index contributed by atoms with van der Waals surface area (Å²) >= 11 is 0. The van der Waals surface area contributed by atoms with Crippen molar-refractivity contribution >= 4 is 17.5 Å². The molecule has 1 fully saturated rings. The molecule has 0 N–H and O–H groups in total. The minimum absolute atomic E-state index is 0.0296. The lowest BCUT2D eigenvalue weighted by Gasteiger charge is -2.47. The zero-order chi connectivity index (χ0) is 20.1. The van der Waals surface area contributed by atoms with Gasteiger partial charge in [0.15, 0.2) is 0 Å². The third-order valence-corrected chi connectivity index (χ3v) is 6.00. The molecule has 2 atom stereocenters. The summed E-state index contributed by atoms with van der Waals surface area (Å²) in [6.45, 7) is 8.52. The lowest BCUT2D eigenvalue weighted by atomic mass is 9.84. The van der Waals surface area contributed by atoms with Crippen LogP contribution in [-0.4, -0.2) is 54.8 Å². The normalized spacial score (nSPS) is 22.2. The Labute approximate surface area is 169 Å². The minimum atomic E-state index is 0.0296. The van der Waals surface area contributed by atoms with Crippen LogP contribution < -0.4 is 4.90 Å². The van der Waals surface area contributed by atoms with Gasteiger partial charge in [0.1, 0.15) is 0 Å². The van der Waals surface area contributed by atoms with Gasteiger partial charge >= 0.3 is 0 Å². The number of rotatable bonds is 6. The van der Waals surface area contributed by atoms with E-state index in [0.29, 0.717) is 32.5 Å². The van der Waals surface area contributed by atoms with Crippen LogP contribution in [0.15, 0.2) is 36.9 Å². The van der Waals surface area contributed by atoms with Crippen molar-refractivity contribution in [3.63, 3.8) is 0 Å². The largest absolute Gasteiger partial charge is 0.374 e. The van der Waals surface area contributed by atoms with Crippen molar-refractivity contribution in [3.8, 4) is 0 Å². The summed E-state index contributed by atoms with van der Waals surface area (Å²) in [5, 5.41) is 0. The first-order valence-corrected chi connectivity index (χ1v) is 10.5. The smallest absolute Gasteiger partial charge is 0.224 e. The van der Waals surface area contributed by atoms with Crippen LogP contribution in [0.4, 0.5) is 5.69 Å². The van der Waals surface area contributed by atoms with E-state index >= 15 is 0 Å². The van der Waals surface area contributed by atoms with Gasteiger partial charge in [0.25, 0.3) is 0 Å². The third-order valence-electron chi connectivity index (χ3n) is 6.00. The molecule has 0 aliphatic carbocycles. The topological polar surface area (TPSA) is 43.9 Å². The summed E-state index contributed by atoms with van der Waals surface area (Å²) in [6, 6.07) is 8.43. The predicted octanol–water partition coefficient (Wildman–Crippen LogP) is 3.62. The van der Waals surface area contributed by atoms with Gasteiger partial charge in [-0.3, -0.25) is 9.59 Å². The molecule has 1 saturated heterocycles. The molecule has 1 aromatic rings. The Bertz CT molecular complexity index is 718. The molecule has 0 aromatic heterocycles. The maximum Gasteiger partial charge on any atom is 0.224 e. The van der Waals surface area contributed by atoms with Crippen LogP contribution in [0.1, 0.15) is 50.6 Å². The van der Waals surface area contributed by atoms with Gasteiger partial charge in [-0.2, -0.15) is 0 Å². The number of fused-ring (bicyclic) bond motifs is 3. The maximum absolute atomic E-state index is 13.2. The molecule has 152 valence electrons. The summed E-state index contributed by atoms with van der Waals surface area (Å²) in [5.74, 6) is 0.498. The quantitative estimate of drug-likeness (QED) is 0.557. The second kappa shape index (κ2) is 9.26. The highest BCUT2D eigenvalue weighted by molar-refractivity contribution is 5.80. The summed E-state index contributed by atoms with van der Waals surface area (Å²) in [6.07, 6.45) is 5.83. The van der Waals surface area contributed by atoms with Gasteiger partial charge < -0.3 is 14.7 Å². The van der Waals surface area contributed by atoms with Crippen LogP contribution in [0.5, 0.6) is 0 Å². The highest BCUT2D eigenvalue weighted by atomic mass is 16.2. The first kappa shape index (κ1) is 20.4. The third kappa shape index (κ3) is 4.23. The van der Waals surface area contributed by atoms with Gasteiger partial charge in [-0.15, -0.1) is 6.58 Å². The van der Waals surface area contributed by atoms with E-state index in [1.54, 1.807) is 6.08 Å². The average molecular weight is 384 g/mol. The fourth-order valence-electron chi connectivity index (χ4n) is 4.65. The van der Waals surface area contributed by atoms with E-state index in [1.807, 2.05) is 9.80 Å². The second-order valence-corrected chi connectivity index (χ2v) is 8.03. The van der Waals surface area contributed by atoms with E-state index in [2.05, 4.69) is 49.7 Å². The molecule has 5 heteroatoms. The fourth-order valence-corrected chi connectivity index (χ4v) is 4.65. The Morgan fingerprint density at radius 1 is 1.25 bits per heavy atom. The summed E-state index contributed by atoms with van der Waals surface area (Å²) < 4.78 is 0. The van der Waals surface area contributed by atoms with E-state index in [1.165, 1.54) is 11.3 Å². The molecule has 2 aliphatic rings. The first-order chi connectivity index (χ1) is 13.6. The molecule has 0 saturated carbocycles. The fraction of sp³-hybridized carbons (Fsp3) is 0.565. The van der Waals surface area contributed by atoms with Crippen molar-refractivity contribution in [3.05, 3.63) is 42.5 Å². The van der Waals surface area contributed by atoms with Gasteiger partial charge in [-0.25, -0.2) is 0 Å². The van der Waals surface area contributed by atoms with Crippen LogP contribution in [0.2, 0.25) is 0 Å². The molecule has 0 radical (unpaired) electrons.